The Hall–Kier alpha value is -4.09. The average Bonchev–Trinajstić information content (AvgIpc) is 3.30. The Morgan fingerprint density at radius 1 is 0.941 bits per heavy atom. The van der Waals surface area contributed by atoms with E-state index in [0.717, 1.165) is 5.56 Å². The van der Waals surface area contributed by atoms with E-state index in [1.165, 1.54) is 16.3 Å². The van der Waals surface area contributed by atoms with Crippen LogP contribution in [0.25, 0.3) is 10.8 Å². The quantitative estimate of drug-likeness (QED) is 0.294. The second kappa shape index (κ2) is 9.81. The zero-order chi connectivity index (χ0) is 23.3. The first-order valence-electron chi connectivity index (χ1n) is 10.9. The molecule has 1 N–H and O–H groups in total. The van der Waals surface area contributed by atoms with Gasteiger partial charge in [-0.3, -0.25) is 9.48 Å². The van der Waals surface area contributed by atoms with Crippen LogP contribution in [0.3, 0.4) is 0 Å². The standard InChI is InChI=1S/C28H22ClN3O2/c29-26-13-3-4-14-27(26)34-19-20-7-5-10-22(15-20)28(33)31-24-16-30-32(18-24)17-23-11-6-9-21-8-1-2-12-25(21)23/h1-16,18H,17,19H2,(H,31,33). The minimum atomic E-state index is -0.204. The van der Waals surface area contributed by atoms with Crippen LogP contribution in [-0.4, -0.2) is 15.7 Å². The molecule has 4 aromatic carbocycles. The summed E-state index contributed by atoms with van der Waals surface area (Å²) in [6.45, 7) is 0.930. The first-order valence-corrected chi connectivity index (χ1v) is 11.3. The predicted octanol–water partition coefficient (Wildman–Crippen LogP) is 6.57. The van der Waals surface area contributed by atoms with Crippen LogP contribution in [0.4, 0.5) is 5.69 Å². The molecule has 1 aromatic heterocycles. The minimum absolute atomic E-state index is 0.204. The number of ether oxygens (including phenoxy) is 1. The minimum Gasteiger partial charge on any atom is -0.487 e. The Morgan fingerprint density at radius 2 is 1.74 bits per heavy atom. The van der Waals surface area contributed by atoms with Crippen molar-refractivity contribution in [2.45, 2.75) is 13.2 Å². The van der Waals surface area contributed by atoms with Crippen molar-refractivity contribution >= 4 is 34.0 Å². The fraction of sp³-hybridized carbons (Fsp3) is 0.0714. The SMILES string of the molecule is O=C(Nc1cnn(Cc2cccc3ccccc23)c1)c1cccc(COc2ccccc2Cl)c1. The van der Waals surface area contributed by atoms with E-state index in [9.17, 15) is 4.79 Å². The van der Waals surface area contributed by atoms with Gasteiger partial charge in [0.1, 0.15) is 12.4 Å². The Labute approximate surface area is 202 Å². The molecule has 0 spiro atoms. The van der Waals surface area contributed by atoms with Gasteiger partial charge in [0, 0.05) is 11.8 Å². The monoisotopic (exact) mass is 467 g/mol. The molecule has 0 unspecified atom stereocenters. The molecule has 0 radical (unpaired) electrons. The predicted molar refractivity (Wildman–Crippen MR) is 135 cm³/mol. The van der Waals surface area contributed by atoms with Gasteiger partial charge in [-0.05, 0) is 46.2 Å². The maximum Gasteiger partial charge on any atom is 0.255 e. The molecule has 5 aromatic rings. The molecule has 5 nitrogen and oxygen atoms in total. The van der Waals surface area contributed by atoms with E-state index in [0.29, 0.717) is 35.2 Å². The van der Waals surface area contributed by atoms with Gasteiger partial charge in [0.05, 0.1) is 23.5 Å². The highest BCUT2D eigenvalue weighted by Gasteiger charge is 2.10. The summed E-state index contributed by atoms with van der Waals surface area (Å²) in [4.78, 5) is 12.8. The lowest BCUT2D eigenvalue weighted by atomic mass is 10.0. The van der Waals surface area contributed by atoms with Gasteiger partial charge in [0.25, 0.3) is 5.91 Å². The number of benzene rings is 4. The number of nitrogens with one attached hydrogen (secondary N) is 1. The fourth-order valence-corrected chi connectivity index (χ4v) is 4.04. The Kier molecular flexibility index (Phi) is 6.27. The number of fused-ring (bicyclic) bond motifs is 1. The molecule has 0 atom stereocenters. The van der Waals surface area contributed by atoms with E-state index in [-0.39, 0.29) is 5.91 Å². The molecule has 0 aliphatic rings. The van der Waals surface area contributed by atoms with E-state index in [4.69, 9.17) is 16.3 Å². The number of carbonyl (C=O) groups excluding carboxylic acids is 1. The summed E-state index contributed by atoms with van der Waals surface area (Å²) in [5.74, 6) is 0.405. The highest BCUT2D eigenvalue weighted by Crippen LogP contribution is 2.24. The lowest BCUT2D eigenvalue weighted by Crippen LogP contribution is -2.12. The average molecular weight is 468 g/mol. The molecule has 0 saturated carbocycles. The van der Waals surface area contributed by atoms with Gasteiger partial charge >= 0.3 is 0 Å². The van der Waals surface area contributed by atoms with Crippen LogP contribution in [0.15, 0.2) is 103 Å². The lowest BCUT2D eigenvalue weighted by molar-refractivity contribution is 0.102. The van der Waals surface area contributed by atoms with E-state index in [1.54, 1.807) is 18.3 Å². The normalized spacial score (nSPS) is 10.9. The number of halogens is 1. The molecule has 1 heterocycles. The third-order valence-electron chi connectivity index (χ3n) is 5.52. The van der Waals surface area contributed by atoms with E-state index < -0.39 is 0 Å². The maximum absolute atomic E-state index is 12.8. The summed E-state index contributed by atoms with van der Waals surface area (Å²) < 4.78 is 7.61. The number of hydrogen-bond donors (Lipinski definition) is 1. The van der Waals surface area contributed by atoms with Crippen molar-refractivity contribution in [2.75, 3.05) is 5.32 Å². The van der Waals surface area contributed by atoms with Crippen LogP contribution in [0, 0.1) is 0 Å². The molecule has 1 amide bonds. The summed E-state index contributed by atoms with van der Waals surface area (Å²) in [5.41, 5.74) is 3.23. The van der Waals surface area contributed by atoms with Gasteiger partial charge in [-0.25, -0.2) is 0 Å². The number of amides is 1. The summed E-state index contributed by atoms with van der Waals surface area (Å²) in [5, 5.41) is 10.3. The molecule has 168 valence electrons. The maximum atomic E-state index is 12.8. The second-order valence-electron chi connectivity index (χ2n) is 7.94. The number of aromatic nitrogens is 2. The Bertz CT molecular complexity index is 1460. The number of rotatable bonds is 7. The highest BCUT2D eigenvalue weighted by molar-refractivity contribution is 6.32. The van der Waals surface area contributed by atoms with Crippen molar-refractivity contribution in [2.24, 2.45) is 0 Å². The highest BCUT2D eigenvalue weighted by atomic mass is 35.5. The number of hydrogen-bond acceptors (Lipinski definition) is 3. The van der Waals surface area contributed by atoms with Crippen LogP contribution in [0.2, 0.25) is 5.02 Å². The molecule has 34 heavy (non-hydrogen) atoms. The Balaban J connectivity index is 1.24. The molecule has 0 aliphatic heterocycles. The van der Waals surface area contributed by atoms with E-state index >= 15 is 0 Å². The molecular weight excluding hydrogens is 446 g/mol. The van der Waals surface area contributed by atoms with E-state index in [1.807, 2.05) is 65.5 Å². The molecule has 5 rings (SSSR count). The van der Waals surface area contributed by atoms with Gasteiger partial charge < -0.3 is 10.1 Å². The molecule has 0 fully saturated rings. The summed E-state index contributed by atoms with van der Waals surface area (Å²) in [7, 11) is 0. The molecule has 0 bridgehead atoms. The fourth-order valence-electron chi connectivity index (χ4n) is 3.85. The van der Waals surface area contributed by atoms with Crippen molar-refractivity contribution in [1.29, 1.82) is 0 Å². The van der Waals surface area contributed by atoms with Gasteiger partial charge in [0.15, 0.2) is 0 Å². The number of anilines is 1. The topological polar surface area (TPSA) is 56.2 Å². The molecule has 0 aliphatic carbocycles. The molecule has 6 heteroatoms. The van der Waals surface area contributed by atoms with Crippen molar-refractivity contribution in [3.63, 3.8) is 0 Å². The number of nitrogens with zero attached hydrogens (tertiary/aromatic N) is 2. The first kappa shape index (κ1) is 21.7. The third-order valence-corrected chi connectivity index (χ3v) is 5.84. The van der Waals surface area contributed by atoms with E-state index in [2.05, 4.69) is 34.7 Å². The largest absolute Gasteiger partial charge is 0.487 e. The zero-order valence-corrected chi connectivity index (χ0v) is 19.1. The number of carbonyl (C=O) groups is 1. The zero-order valence-electron chi connectivity index (χ0n) is 18.3. The summed E-state index contributed by atoms with van der Waals surface area (Å²) in [6, 6.07) is 29.2. The van der Waals surface area contributed by atoms with Gasteiger partial charge in [-0.2, -0.15) is 5.10 Å². The first-order chi connectivity index (χ1) is 16.7. The van der Waals surface area contributed by atoms with Crippen LogP contribution in [0.1, 0.15) is 21.5 Å². The van der Waals surface area contributed by atoms with Crippen molar-refractivity contribution in [3.05, 3.63) is 125 Å². The van der Waals surface area contributed by atoms with Crippen LogP contribution >= 0.6 is 11.6 Å². The summed E-state index contributed by atoms with van der Waals surface area (Å²) in [6.07, 6.45) is 3.50. The van der Waals surface area contributed by atoms with Gasteiger partial charge in [-0.1, -0.05) is 78.3 Å². The number of para-hydroxylation sites is 1. The third kappa shape index (κ3) is 4.95. The van der Waals surface area contributed by atoms with Crippen molar-refractivity contribution < 1.29 is 9.53 Å². The van der Waals surface area contributed by atoms with Crippen molar-refractivity contribution in [3.8, 4) is 5.75 Å². The second-order valence-corrected chi connectivity index (χ2v) is 8.35. The van der Waals surface area contributed by atoms with Gasteiger partial charge in [-0.15, -0.1) is 0 Å². The van der Waals surface area contributed by atoms with Gasteiger partial charge in [0.2, 0.25) is 0 Å². The lowest BCUT2D eigenvalue weighted by Gasteiger charge is -2.09. The molecular formula is C28H22ClN3O2. The van der Waals surface area contributed by atoms with Crippen LogP contribution in [0.5, 0.6) is 5.75 Å². The Morgan fingerprint density at radius 3 is 2.65 bits per heavy atom. The smallest absolute Gasteiger partial charge is 0.255 e. The summed E-state index contributed by atoms with van der Waals surface area (Å²) >= 11 is 6.15. The molecule has 0 saturated heterocycles. The van der Waals surface area contributed by atoms with Crippen LogP contribution < -0.4 is 10.1 Å². The van der Waals surface area contributed by atoms with Crippen molar-refractivity contribution in [1.82, 2.24) is 9.78 Å². The van der Waals surface area contributed by atoms with Crippen LogP contribution in [-0.2, 0) is 13.2 Å².